The summed E-state index contributed by atoms with van der Waals surface area (Å²) in [5.41, 5.74) is 2.45. The van der Waals surface area contributed by atoms with Crippen LogP contribution in [0.4, 0.5) is 5.69 Å². The van der Waals surface area contributed by atoms with Crippen molar-refractivity contribution < 1.29 is 9.90 Å². The molecule has 0 aliphatic carbocycles. The highest BCUT2D eigenvalue weighted by Crippen LogP contribution is 2.26. The van der Waals surface area contributed by atoms with E-state index in [1.165, 1.54) is 4.68 Å². The number of aryl methyl sites for hydroxylation is 1. The Hall–Kier alpha value is -2.21. The Morgan fingerprint density at radius 2 is 2.25 bits per heavy atom. The maximum atomic E-state index is 12.3. The fraction of sp³-hybridized carbons (Fsp3) is 0.357. The molecule has 6 nitrogen and oxygen atoms in total. The molecule has 0 saturated heterocycles. The minimum atomic E-state index is -0.685. The zero-order valence-electron chi connectivity index (χ0n) is 11.2. The maximum absolute atomic E-state index is 12.3. The van der Waals surface area contributed by atoms with Crippen LogP contribution >= 0.6 is 0 Å². The van der Waals surface area contributed by atoms with Crippen LogP contribution in [0.3, 0.4) is 0 Å². The lowest BCUT2D eigenvalue weighted by atomic mass is 10.1. The first-order valence-corrected chi connectivity index (χ1v) is 6.63. The molecule has 1 aromatic heterocycles. The van der Waals surface area contributed by atoms with Gasteiger partial charge in [-0.1, -0.05) is 23.4 Å². The van der Waals surface area contributed by atoms with Gasteiger partial charge in [0.1, 0.15) is 11.7 Å². The summed E-state index contributed by atoms with van der Waals surface area (Å²) in [6, 6.07) is 7.38. The number of aromatic nitrogens is 3. The van der Waals surface area contributed by atoms with Crippen molar-refractivity contribution in [1.29, 1.82) is 0 Å². The van der Waals surface area contributed by atoms with E-state index in [0.717, 1.165) is 17.7 Å². The molecular weight excluding hydrogens is 256 g/mol. The molecule has 104 valence electrons. The molecule has 0 spiro atoms. The van der Waals surface area contributed by atoms with Gasteiger partial charge in [-0.2, -0.15) is 0 Å². The molecule has 2 heterocycles. The van der Waals surface area contributed by atoms with Crippen molar-refractivity contribution in [3.05, 3.63) is 41.7 Å². The van der Waals surface area contributed by atoms with Crippen LogP contribution in [-0.4, -0.2) is 26.0 Å². The molecule has 2 aromatic rings. The summed E-state index contributed by atoms with van der Waals surface area (Å²) in [4.78, 5) is 12.3. The van der Waals surface area contributed by atoms with Crippen LogP contribution in [-0.2, 0) is 11.2 Å². The molecule has 20 heavy (non-hydrogen) atoms. The number of fused-ring (bicyclic) bond motifs is 1. The van der Waals surface area contributed by atoms with E-state index in [1.807, 2.05) is 24.3 Å². The lowest BCUT2D eigenvalue weighted by Gasteiger charge is -2.12. The highest BCUT2D eigenvalue weighted by Gasteiger charge is 2.26. The van der Waals surface area contributed by atoms with Crippen molar-refractivity contribution in [2.24, 2.45) is 0 Å². The van der Waals surface area contributed by atoms with Gasteiger partial charge in [0.2, 0.25) is 5.91 Å². The average Bonchev–Trinajstić information content (AvgIpc) is 2.84. The molecule has 2 atom stereocenters. The lowest BCUT2D eigenvalue weighted by Crippen LogP contribution is -2.25. The number of para-hydroxylation sites is 1. The molecule has 0 saturated carbocycles. The van der Waals surface area contributed by atoms with Crippen LogP contribution in [0.15, 0.2) is 30.5 Å². The van der Waals surface area contributed by atoms with Gasteiger partial charge in [-0.25, -0.2) is 4.68 Å². The van der Waals surface area contributed by atoms with Gasteiger partial charge in [0, 0.05) is 5.69 Å². The van der Waals surface area contributed by atoms with Crippen molar-refractivity contribution in [2.75, 3.05) is 5.32 Å². The summed E-state index contributed by atoms with van der Waals surface area (Å²) in [6.07, 6.45) is 2.40. The molecular formula is C14H16N4O2. The summed E-state index contributed by atoms with van der Waals surface area (Å²) in [7, 11) is 0. The second kappa shape index (κ2) is 5.05. The van der Waals surface area contributed by atoms with E-state index in [2.05, 4.69) is 15.6 Å². The number of carbonyl (C=O) groups is 1. The van der Waals surface area contributed by atoms with E-state index in [0.29, 0.717) is 12.1 Å². The number of benzene rings is 1. The van der Waals surface area contributed by atoms with Crippen LogP contribution in [0.5, 0.6) is 0 Å². The number of nitrogens with zero attached hydrogens (tertiary/aromatic N) is 3. The Balaban J connectivity index is 1.87. The standard InChI is InChI=1S/C14H16N4O2/c1-9(19)12-8-18(17-16-12)13-7-6-10-4-2-3-5-11(10)15-14(13)20/h2-5,8-9,13,19H,6-7H2,1H3,(H,15,20). The number of amides is 1. The third-order valence-electron chi connectivity index (χ3n) is 3.54. The number of aliphatic hydroxyl groups is 1. The highest BCUT2D eigenvalue weighted by atomic mass is 16.3. The Morgan fingerprint density at radius 3 is 3.00 bits per heavy atom. The first kappa shape index (κ1) is 12.8. The number of hydrogen-bond acceptors (Lipinski definition) is 4. The summed E-state index contributed by atoms with van der Waals surface area (Å²) < 4.78 is 1.53. The molecule has 3 rings (SSSR count). The first-order chi connectivity index (χ1) is 9.65. The second-order valence-corrected chi connectivity index (χ2v) is 5.00. The monoisotopic (exact) mass is 272 g/mol. The molecule has 1 aliphatic heterocycles. The molecule has 0 bridgehead atoms. The van der Waals surface area contributed by atoms with E-state index < -0.39 is 12.1 Å². The van der Waals surface area contributed by atoms with Crippen molar-refractivity contribution >= 4 is 11.6 Å². The van der Waals surface area contributed by atoms with Gasteiger partial charge in [0.25, 0.3) is 0 Å². The number of nitrogens with one attached hydrogen (secondary N) is 1. The molecule has 6 heteroatoms. The Morgan fingerprint density at radius 1 is 1.45 bits per heavy atom. The van der Waals surface area contributed by atoms with E-state index in [4.69, 9.17) is 0 Å². The van der Waals surface area contributed by atoms with Crippen molar-refractivity contribution in [2.45, 2.75) is 31.9 Å². The van der Waals surface area contributed by atoms with E-state index in [9.17, 15) is 9.90 Å². The third-order valence-corrected chi connectivity index (χ3v) is 3.54. The molecule has 0 radical (unpaired) electrons. The predicted octanol–water partition coefficient (Wildman–Crippen LogP) is 1.46. The molecule has 2 unspecified atom stereocenters. The van der Waals surface area contributed by atoms with Crippen LogP contribution in [0, 0.1) is 0 Å². The predicted molar refractivity (Wildman–Crippen MR) is 73.1 cm³/mol. The average molecular weight is 272 g/mol. The van der Waals surface area contributed by atoms with E-state index >= 15 is 0 Å². The van der Waals surface area contributed by atoms with Crippen LogP contribution in [0.2, 0.25) is 0 Å². The first-order valence-electron chi connectivity index (χ1n) is 6.63. The van der Waals surface area contributed by atoms with Crippen molar-refractivity contribution in [3.8, 4) is 0 Å². The zero-order valence-corrected chi connectivity index (χ0v) is 11.2. The van der Waals surface area contributed by atoms with Crippen LogP contribution in [0.25, 0.3) is 0 Å². The quantitative estimate of drug-likeness (QED) is 0.867. The normalized spacial score (nSPS) is 19.9. The topological polar surface area (TPSA) is 80.0 Å². The zero-order chi connectivity index (χ0) is 14.1. The third kappa shape index (κ3) is 2.30. The van der Waals surface area contributed by atoms with Gasteiger partial charge < -0.3 is 10.4 Å². The number of rotatable bonds is 2. The number of hydrogen-bond donors (Lipinski definition) is 2. The van der Waals surface area contributed by atoms with Gasteiger partial charge in [0.05, 0.1) is 12.3 Å². The van der Waals surface area contributed by atoms with Gasteiger partial charge in [0.15, 0.2) is 0 Å². The molecule has 1 aliphatic rings. The molecule has 0 fully saturated rings. The maximum Gasteiger partial charge on any atom is 0.249 e. The smallest absolute Gasteiger partial charge is 0.249 e. The second-order valence-electron chi connectivity index (χ2n) is 5.00. The van der Waals surface area contributed by atoms with E-state index in [1.54, 1.807) is 13.1 Å². The van der Waals surface area contributed by atoms with Gasteiger partial charge in [-0.15, -0.1) is 5.10 Å². The van der Waals surface area contributed by atoms with Gasteiger partial charge >= 0.3 is 0 Å². The Kier molecular flexibility index (Phi) is 3.23. The minimum absolute atomic E-state index is 0.100. The minimum Gasteiger partial charge on any atom is -0.387 e. The fourth-order valence-electron chi connectivity index (χ4n) is 2.39. The lowest BCUT2D eigenvalue weighted by molar-refractivity contribution is -0.119. The summed E-state index contributed by atoms with van der Waals surface area (Å²) >= 11 is 0. The number of aliphatic hydroxyl groups excluding tert-OH is 1. The Labute approximate surface area is 116 Å². The Bertz CT molecular complexity index is 636. The number of carbonyl (C=O) groups excluding carboxylic acids is 1. The van der Waals surface area contributed by atoms with E-state index in [-0.39, 0.29) is 5.91 Å². The number of anilines is 1. The van der Waals surface area contributed by atoms with Crippen LogP contribution in [0.1, 0.15) is 36.7 Å². The summed E-state index contributed by atoms with van der Waals surface area (Å²) in [5, 5.41) is 20.3. The highest BCUT2D eigenvalue weighted by molar-refractivity contribution is 5.95. The van der Waals surface area contributed by atoms with Crippen molar-refractivity contribution in [3.63, 3.8) is 0 Å². The SMILES string of the molecule is CC(O)c1cn(C2CCc3ccccc3NC2=O)nn1. The van der Waals surface area contributed by atoms with Gasteiger partial charge in [-0.05, 0) is 31.4 Å². The summed E-state index contributed by atoms with van der Waals surface area (Å²) in [5.74, 6) is -0.100. The molecule has 1 amide bonds. The fourth-order valence-corrected chi connectivity index (χ4v) is 2.39. The van der Waals surface area contributed by atoms with Crippen molar-refractivity contribution in [1.82, 2.24) is 15.0 Å². The molecule has 1 aromatic carbocycles. The van der Waals surface area contributed by atoms with Crippen LogP contribution < -0.4 is 5.32 Å². The molecule has 2 N–H and O–H groups in total. The summed E-state index contributed by atoms with van der Waals surface area (Å²) in [6.45, 7) is 1.62. The largest absolute Gasteiger partial charge is 0.387 e. The van der Waals surface area contributed by atoms with Gasteiger partial charge in [-0.3, -0.25) is 4.79 Å².